The molecule has 0 aliphatic rings. The molecule has 0 aliphatic heterocycles. The van der Waals surface area contributed by atoms with Crippen molar-refractivity contribution in [2.45, 2.75) is 25.9 Å². The van der Waals surface area contributed by atoms with E-state index >= 15 is 0 Å². The van der Waals surface area contributed by atoms with E-state index in [1.807, 2.05) is 37.3 Å². The summed E-state index contributed by atoms with van der Waals surface area (Å²) < 4.78 is 7.38. The zero-order valence-electron chi connectivity index (χ0n) is 17.5. The molecule has 7 nitrogen and oxygen atoms in total. The van der Waals surface area contributed by atoms with E-state index in [0.717, 1.165) is 6.54 Å². The van der Waals surface area contributed by atoms with Gasteiger partial charge in [0.1, 0.15) is 0 Å². The Morgan fingerprint density at radius 1 is 1.10 bits per heavy atom. The van der Waals surface area contributed by atoms with Gasteiger partial charge in [0, 0.05) is 41.8 Å². The van der Waals surface area contributed by atoms with Gasteiger partial charge in [0.25, 0.3) is 0 Å². The second-order valence-electron chi connectivity index (χ2n) is 7.51. The number of pyridine rings is 1. The monoisotopic (exact) mass is 416 g/mol. The molecular formula is C24H24N4O3. The number of anilines is 1. The van der Waals surface area contributed by atoms with Gasteiger partial charge in [-0.3, -0.25) is 10.1 Å². The van der Waals surface area contributed by atoms with Crippen LogP contribution in [0.4, 0.5) is 11.5 Å². The fraction of sp³-hybridized carbons (Fsp3) is 0.208. The summed E-state index contributed by atoms with van der Waals surface area (Å²) in [7, 11) is 1.49. The number of benzene rings is 2. The molecule has 7 heteroatoms. The minimum Gasteiger partial charge on any atom is -0.481 e. The summed E-state index contributed by atoms with van der Waals surface area (Å²) in [5.74, 6) is 0.546. The van der Waals surface area contributed by atoms with Crippen LogP contribution in [0.1, 0.15) is 18.1 Å². The number of nitrogens with zero attached hydrogens (tertiary/aromatic N) is 3. The Hall–Kier alpha value is -3.87. The maximum atomic E-state index is 11.4. The first-order chi connectivity index (χ1) is 15.0. The molecule has 0 aliphatic carbocycles. The van der Waals surface area contributed by atoms with Crippen LogP contribution in [0.15, 0.2) is 72.9 Å². The molecule has 2 aromatic heterocycles. The maximum Gasteiger partial charge on any atom is 0.311 e. The van der Waals surface area contributed by atoms with E-state index in [1.165, 1.54) is 41.3 Å². The number of methoxy groups -OCH3 is 1. The van der Waals surface area contributed by atoms with Crippen LogP contribution in [0, 0.1) is 10.1 Å². The summed E-state index contributed by atoms with van der Waals surface area (Å²) in [5.41, 5.74) is 3.51. The molecular weight excluding hydrogens is 392 g/mol. The molecule has 1 unspecified atom stereocenters. The van der Waals surface area contributed by atoms with Gasteiger partial charge in [-0.05, 0) is 30.5 Å². The second-order valence-corrected chi connectivity index (χ2v) is 7.51. The van der Waals surface area contributed by atoms with Crippen LogP contribution in [0.3, 0.4) is 0 Å². The highest BCUT2D eigenvalue weighted by molar-refractivity contribution is 5.84. The first-order valence-electron chi connectivity index (χ1n) is 10.1. The van der Waals surface area contributed by atoms with Crippen molar-refractivity contribution in [3.63, 3.8) is 0 Å². The third-order valence-electron chi connectivity index (χ3n) is 5.23. The lowest BCUT2D eigenvalue weighted by Gasteiger charge is -2.14. The second kappa shape index (κ2) is 8.87. The number of ether oxygens (including phenoxy) is 1. The molecule has 0 radical (unpaired) electrons. The first kappa shape index (κ1) is 20.4. The molecule has 1 N–H and O–H groups in total. The van der Waals surface area contributed by atoms with Crippen LogP contribution in [0.2, 0.25) is 0 Å². The summed E-state index contributed by atoms with van der Waals surface area (Å²) in [4.78, 5) is 15.2. The first-order valence-corrected chi connectivity index (χ1v) is 10.1. The molecule has 4 rings (SSSR count). The van der Waals surface area contributed by atoms with Crippen molar-refractivity contribution in [2.75, 3.05) is 12.4 Å². The van der Waals surface area contributed by atoms with Crippen LogP contribution in [-0.4, -0.2) is 27.6 Å². The number of rotatable bonds is 8. The van der Waals surface area contributed by atoms with Gasteiger partial charge in [-0.15, -0.1) is 0 Å². The lowest BCUT2D eigenvalue weighted by atomic mass is 10.1. The van der Waals surface area contributed by atoms with Crippen molar-refractivity contribution in [1.29, 1.82) is 0 Å². The van der Waals surface area contributed by atoms with Gasteiger partial charge in [0.05, 0.1) is 12.0 Å². The smallest absolute Gasteiger partial charge is 0.311 e. The molecule has 0 saturated heterocycles. The van der Waals surface area contributed by atoms with E-state index in [2.05, 4.69) is 45.3 Å². The van der Waals surface area contributed by atoms with Gasteiger partial charge < -0.3 is 14.6 Å². The molecule has 0 spiro atoms. The Labute approximate surface area is 180 Å². The Balaban J connectivity index is 1.60. The molecule has 31 heavy (non-hydrogen) atoms. The fourth-order valence-electron chi connectivity index (χ4n) is 3.81. The Morgan fingerprint density at radius 3 is 2.58 bits per heavy atom. The van der Waals surface area contributed by atoms with Gasteiger partial charge in [-0.25, -0.2) is 0 Å². The molecule has 4 aromatic rings. The van der Waals surface area contributed by atoms with Crippen LogP contribution >= 0.6 is 0 Å². The highest BCUT2D eigenvalue weighted by atomic mass is 16.6. The molecule has 0 amide bonds. The van der Waals surface area contributed by atoms with Crippen molar-refractivity contribution in [1.82, 2.24) is 9.55 Å². The highest BCUT2D eigenvalue weighted by Gasteiger charge is 2.19. The van der Waals surface area contributed by atoms with E-state index in [-0.39, 0.29) is 17.5 Å². The minimum absolute atomic E-state index is 0.0702. The summed E-state index contributed by atoms with van der Waals surface area (Å²) in [6, 6.07) is 21.5. The largest absolute Gasteiger partial charge is 0.481 e. The summed E-state index contributed by atoms with van der Waals surface area (Å²) in [6.45, 7) is 2.78. The van der Waals surface area contributed by atoms with Crippen LogP contribution in [0.5, 0.6) is 5.88 Å². The van der Waals surface area contributed by atoms with Crippen molar-refractivity contribution in [3.05, 3.63) is 94.2 Å². The zero-order chi connectivity index (χ0) is 21.8. The Kier molecular flexibility index (Phi) is 5.84. The highest BCUT2D eigenvalue weighted by Crippen LogP contribution is 2.28. The van der Waals surface area contributed by atoms with Gasteiger partial charge >= 0.3 is 5.69 Å². The average molecular weight is 416 g/mol. The number of aromatic nitrogens is 2. The van der Waals surface area contributed by atoms with Crippen molar-refractivity contribution in [2.24, 2.45) is 0 Å². The molecule has 1 atom stereocenters. The van der Waals surface area contributed by atoms with Gasteiger partial charge in [0.15, 0.2) is 0 Å². The van der Waals surface area contributed by atoms with Gasteiger partial charge in [0.2, 0.25) is 11.7 Å². The predicted octanol–water partition coefficient (Wildman–Crippen LogP) is 5.04. The van der Waals surface area contributed by atoms with E-state index in [1.54, 1.807) is 0 Å². The van der Waals surface area contributed by atoms with E-state index in [4.69, 9.17) is 4.74 Å². The van der Waals surface area contributed by atoms with Crippen molar-refractivity contribution in [3.8, 4) is 5.88 Å². The average Bonchev–Trinajstić information content (AvgIpc) is 3.11. The molecule has 0 fully saturated rings. The fourth-order valence-corrected chi connectivity index (χ4v) is 3.81. The molecule has 0 bridgehead atoms. The number of nitro groups is 1. The molecule has 0 saturated carbocycles. The van der Waals surface area contributed by atoms with E-state index in [0.29, 0.717) is 12.3 Å². The summed E-state index contributed by atoms with van der Waals surface area (Å²) >= 11 is 0. The summed E-state index contributed by atoms with van der Waals surface area (Å²) in [5, 5.41) is 15.8. The maximum absolute atomic E-state index is 11.4. The number of hydrogen-bond acceptors (Lipinski definition) is 5. The standard InChI is InChI=1S/C24H24N4O3/c1-17(25-24-22(28(29)30)12-13-23(26-24)31-2)14-19-16-27(15-18-8-4-3-5-9-18)21-11-7-6-10-20(19)21/h3-13,16-17H,14-15H2,1-2H3,(H,25,26). The molecule has 158 valence electrons. The predicted molar refractivity (Wildman–Crippen MR) is 122 cm³/mol. The van der Waals surface area contributed by atoms with Gasteiger partial charge in [-0.1, -0.05) is 48.5 Å². The lowest BCUT2D eigenvalue weighted by Crippen LogP contribution is -2.19. The minimum atomic E-state index is -0.437. The lowest BCUT2D eigenvalue weighted by molar-refractivity contribution is -0.384. The number of para-hydroxylation sites is 1. The molecule has 2 heterocycles. The zero-order valence-corrected chi connectivity index (χ0v) is 17.5. The number of hydrogen-bond donors (Lipinski definition) is 1. The quantitative estimate of drug-likeness (QED) is 0.321. The van der Waals surface area contributed by atoms with Crippen LogP contribution in [0.25, 0.3) is 10.9 Å². The Bertz CT molecular complexity index is 1200. The third kappa shape index (κ3) is 4.50. The molecule has 2 aromatic carbocycles. The third-order valence-corrected chi connectivity index (χ3v) is 5.23. The topological polar surface area (TPSA) is 82.2 Å². The van der Waals surface area contributed by atoms with Gasteiger partial charge in [-0.2, -0.15) is 4.98 Å². The normalized spacial score (nSPS) is 11.9. The SMILES string of the molecule is COc1ccc([N+](=O)[O-])c(NC(C)Cc2cn(Cc3ccccc3)c3ccccc23)n1. The van der Waals surface area contributed by atoms with Crippen LogP contribution in [-0.2, 0) is 13.0 Å². The number of nitrogens with one attached hydrogen (secondary N) is 1. The van der Waals surface area contributed by atoms with E-state index < -0.39 is 4.92 Å². The summed E-state index contributed by atoms with van der Waals surface area (Å²) in [6.07, 6.45) is 2.86. The van der Waals surface area contributed by atoms with Crippen molar-refractivity contribution >= 4 is 22.4 Å². The Morgan fingerprint density at radius 2 is 1.84 bits per heavy atom. The number of fused-ring (bicyclic) bond motifs is 1. The van der Waals surface area contributed by atoms with Crippen LogP contribution < -0.4 is 10.1 Å². The van der Waals surface area contributed by atoms with Crippen molar-refractivity contribution < 1.29 is 9.66 Å². The van der Waals surface area contributed by atoms with E-state index in [9.17, 15) is 10.1 Å².